The van der Waals surface area contributed by atoms with Crippen molar-refractivity contribution in [1.82, 2.24) is 25.6 Å². The topological polar surface area (TPSA) is 263 Å². The molecule has 0 saturated heterocycles. The van der Waals surface area contributed by atoms with Gasteiger partial charge in [-0.15, -0.1) is 12.4 Å². The fourth-order valence-corrected chi connectivity index (χ4v) is 4.09. The van der Waals surface area contributed by atoms with Crippen LogP contribution in [0.2, 0.25) is 0 Å². The van der Waals surface area contributed by atoms with E-state index in [1.165, 1.54) is 0 Å². The van der Waals surface area contributed by atoms with Crippen molar-refractivity contribution in [2.75, 3.05) is 5.73 Å². The number of carbonyl (C=O) groups excluding carboxylic acids is 3. The Hall–Kier alpha value is -4.44. The van der Waals surface area contributed by atoms with Crippen molar-refractivity contribution in [3.8, 4) is 0 Å². The predicted molar refractivity (Wildman–Crippen MR) is 168 cm³/mol. The molecule has 44 heavy (non-hydrogen) atoms. The Morgan fingerprint density at radius 1 is 1.07 bits per heavy atom. The number of hydrogen-bond donors (Lipinski definition) is 8. The molecule has 0 aliphatic carbocycles. The molecular weight excluding hydrogens is 666 g/mol. The molecule has 0 spiro atoms. The van der Waals surface area contributed by atoms with Crippen LogP contribution < -0.4 is 27.7 Å². The summed E-state index contributed by atoms with van der Waals surface area (Å²) in [6, 6.07) is 4.49. The number of aromatic nitrogens is 3. The summed E-state index contributed by atoms with van der Waals surface area (Å²) >= 11 is 3.26. The van der Waals surface area contributed by atoms with Gasteiger partial charge in [-0.1, -0.05) is 41.9 Å². The number of carboxylic acids is 2. The molecule has 1 atom stereocenters. The number of nitrogen functional groups attached to an aromatic ring is 1. The maximum atomic E-state index is 12.3. The summed E-state index contributed by atoms with van der Waals surface area (Å²) in [6.45, 7) is 3.72. The number of rotatable bonds is 12. The minimum absolute atomic E-state index is 0. The number of urea groups is 1. The van der Waals surface area contributed by atoms with Gasteiger partial charge < -0.3 is 37.0 Å². The van der Waals surface area contributed by atoms with Gasteiger partial charge in [0.1, 0.15) is 16.0 Å². The molecule has 0 aliphatic rings. The summed E-state index contributed by atoms with van der Waals surface area (Å²) in [5, 5.41) is 22.7. The molecule has 3 aromatic rings. The van der Waals surface area contributed by atoms with E-state index in [1.807, 2.05) is 19.2 Å². The van der Waals surface area contributed by atoms with Crippen molar-refractivity contribution in [3.63, 3.8) is 0 Å². The molecule has 0 aliphatic heterocycles. The number of hydrogen-bond acceptors (Lipinski definition) is 8. The third kappa shape index (κ3) is 10.7. The van der Waals surface area contributed by atoms with Gasteiger partial charge in [-0.25, -0.2) is 9.59 Å². The number of H-pyrrole nitrogens is 2. The quantitative estimate of drug-likeness (QED) is 0.128. The third-order valence-electron chi connectivity index (χ3n) is 6.56. The standard InChI is InChI=1S/C20H21N5O6.C7H13BrN2O2.ClH/c21-20-24-16-15(18(29)25-20)12(9-22-16)6-3-10-1-4-11(5-2-10)17(28)23-13(19(30)31)7-8-14(26)27;1-3-7(8,4-2)5(11)10-6(9)12;/h1-2,4-5,9,13H,3,6-8H2,(H,23,28)(H,26,27)(H,30,31)(H4,21,22,24,25,29);3-4H2,1-2H3,(H3,9,10,11,12);1H/t13-;;/m0../s1. The third-order valence-corrected chi connectivity index (χ3v) is 8.05. The molecule has 0 radical (unpaired) electrons. The molecule has 240 valence electrons. The molecule has 0 fully saturated rings. The molecular formula is C27H35BrClN7O8. The van der Waals surface area contributed by atoms with Crippen molar-refractivity contribution in [2.45, 2.75) is 62.7 Å². The van der Waals surface area contributed by atoms with E-state index in [0.717, 1.165) is 11.1 Å². The Kier molecular flexibility index (Phi) is 14.5. The average molecular weight is 701 g/mol. The number of aromatic amines is 2. The SMILES string of the molecule is CCC(Br)(CC)C(=O)NC(N)=O.Cl.Nc1nc(=O)c2c(CCc3ccc(C(=O)N[C@@H](CCC(=O)O)C(=O)O)cc3)c[nH]c2[nH]1. The number of carboxylic acid groups (broad SMARTS) is 2. The van der Waals surface area contributed by atoms with Gasteiger partial charge >= 0.3 is 18.0 Å². The van der Waals surface area contributed by atoms with Gasteiger partial charge in [-0.2, -0.15) is 4.98 Å². The van der Waals surface area contributed by atoms with E-state index in [9.17, 15) is 28.8 Å². The monoisotopic (exact) mass is 699 g/mol. The van der Waals surface area contributed by atoms with Crippen LogP contribution in [0.5, 0.6) is 0 Å². The van der Waals surface area contributed by atoms with Crippen molar-refractivity contribution in [1.29, 1.82) is 0 Å². The van der Waals surface area contributed by atoms with Crippen LogP contribution in [0.15, 0.2) is 35.3 Å². The molecule has 3 rings (SSSR count). The number of aryl methyl sites for hydroxylation is 2. The first kappa shape index (κ1) is 37.6. The number of amides is 4. The summed E-state index contributed by atoms with van der Waals surface area (Å²) in [5.41, 5.74) is 12.4. The number of nitrogens with one attached hydrogen (secondary N) is 4. The zero-order valence-electron chi connectivity index (χ0n) is 23.9. The number of anilines is 1. The minimum atomic E-state index is -1.30. The predicted octanol–water partition coefficient (Wildman–Crippen LogP) is 2.22. The first-order valence-corrected chi connectivity index (χ1v) is 14.0. The van der Waals surface area contributed by atoms with Crippen molar-refractivity contribution in [3.05, 3.63) is 57.5 Å². The van der Waals surface area contributed by atoms with E-state index in [0.29, 0.717) is 36.7 Å². The lowest BCUT2D eigenvalue weighted by Gasteiger charge is -2.21. The molecule has 2 heterocycles. The molecule has 0 bridgehead atoms. The normalized spacial score (nSPS) is 11.3. The van der Waals surface area contributed by atoms with Crippen molar-refractivity contribution in [2.24, 2.45) is 5.73 Å². The molecule has 15 nitrogen and oxygen atoms in total. The lowest BCUT2D eigenvalue weighted by molar-refractivity contribution is -0.140. The molecule has 0 saturated carbocycles. The van der Waals surface area contributed by atoms with Crippen molar-refractivity contribution >= 4 is 75.1 Å². The highest BCUT2D eigenvalue weighted by molar-refractivity contribution is 9.10. The number of aliphatic carboxylic acids is 2. The molecule has 1 aromatic carbocycles. The summed E-state index contributed by atoms with van der Waals surface area (Å²) in [4.78, 5) is 77.3. The fourth-order valence-electron chi connectivity index (χ4n) is 3.99. The van der Waals surface area contributed by atoms with Gasteiger partial charge in [-0.3, -0.25) is 24.5 Å². The Labute approximate surface area is 266 Å². The second-order valence-corrected chi connectivity index (χ2v) is 11.0. The van der Waals surface area contributed by atoms with E-state index in [2.05, 4.69) is 36.2 Å². The second-order valence-electron chi connectivity index (χ2n) is 9.48. The van der Waals surface area contributed by atoms with Crippen LogP contribution in [0.1, 0.15) is 61.0 Å². The first-order valence-electron chi connectivity index (χ1n) is 13.2. The summed E-state index contributed by atoms with van der Waals surface area (Å²) in [7, 11) is 0. The number of nitrogens with zero attached hydrogens (tertiary/aromatic N) is 1. The zero-order valence-corrected chi connectivity index (χ0v) is 26.3. The fraction of sp³-hybridized carbons (Fsp3) is 0.370. The molecule has 10 N–H and O–H groups in total. The van der Waals surface area contributed by atoms with Gasteiger partial charge in [-0.05, 0) is 55.4 Å². The highest BCUT2D eigenvalue weighted by atomic mass is 79.9. The Morgan fingerprint density at radius 3 is 2.20 bits per heavy atom. The zero-order chi connectivity index (χ0) is 32.3. The number of alkyl halides is 1. The molecule has 4 amide bonds. The highest BCUT2D eigenvalue weighted by Gasteiger charge is 2.32. The average Bonchev–Trinajstić information content (AvgIpc) is 3.36. The van der Waals surface area contributed by atoms with Crippen LogP contribution in [0.25, 0.3) is 11.0 Å². The summed E-state index contributed by atoms with van der Waals surface area (Å²) in [5.74, 6) is -3.37. The van der Waals surface area contributed by atoms with E-state index in [-0.39, 0.29) is 42.7 Å². The van der Waals surface area contributed by atoms with Crippen LogP contribution in [0, 0.1) is 0 Å². The first-order chi connectivity index (χ1) is 20.2. The number of imide groups is 1. The number of carbonyl (C=O) groups is 5. The Bertz CT molecular complexity index is 1540. The van der Waals surface area contributed by atoms with Crippen LogP contribution in [-0.2, 0) is 27.2 Å². The summed E-state index contributed by atoms with van der Waals surface area (Å²) < 4.78 is -0.665. The molecule has 17 heteroatoms. The van der Waals surface area contributed by atoms with Gasteiger partial charge in [0.15, 0.2) is 0 Å². The summed E-state index contributed by atoms with van der Waals surface area (Å²) in [6.07, 6.45) is 3.51. The maximum Gasteiger partial charge on any atom is 0.326 e. The van der Waals surface area contributed by atoms with Crippen LogP contribution in [0.3, 0.4) is 0 Å². The maximum absolute atomic E-state index is 12.3. The smallest absolute Gasteiger partial charge is 0.326 e. The van der Waals surface area contributed by atoms with Crippen LogP contribution in [-0.4, -0.2) is 65.3 Å². The second kappa shape index (κ2) is 17.0. The van der Waals surface area contributed by atoms with Gasteiger partial charge in [0.05, 0.1) is 5.39 Å². The van der Waals surface area contributed by atoms with Gasteiger partial charge in [0.2, 0.25) is 11.9 Å². The van der Waals surface area contributed by atoms with E-state index in [1.54, 1.807) is 30.5 Å². The van der Waals surface area contributed by atoms with E-state index >= 15 is 0 Å². The van der Waals surface area contributed by atoms with E-state index in [4.69, 9.17) is 21.7 Å². The number of fused-ring (bicyclic) bond motifs is 1. The number of benzene rings is 1. The van der Waals surface area contributed by atoms with Crippen molar-refractivity contribution < 1.29 is 34.2 Å². The number of primary amides is 1. The highest BCUT2D eigenvalue weighted by Crippen LogP contribution is 2.26. The number of halogens is 2. The van der Waals surface area contributed by atoms with Crippen LogP contribution >= 0.6 is 28.3 Å². The largest absolute Gasteiger partial charge is 0.481 e. The Morgan fingerprint density at radius 2 is 1.68 bits per heavy atom. The minimum Gasteiger partial charge on any atom is -0.481 e. The van der Waals surface area contributed by atoms with E-state index < -0.39 is 39.8 Å². The van der Waals surface area contributed by atoms with Gasteiger partial charge in [0.25, 0.3) is 11.5 Å². The lowest BCUT2D eigenvalue weighted by atomic mass is 10.0. The molecule has 2 aromatic heterocycles. The van der Waals surface area contributed by atoms with Gasteiger partial charge in [0, 0.05) is 18.2 Å². The molecule has 0 unspecified atom stereocenters. The Balaban J connectivity index is 0.000000634. The van der Waals surface area contributed by atoms with Crippen LogP contribution in [0.4, 0.5) is 10.7 Å². The lowest BCUT2D eigenvalue weighted by Crippen LogP contribution is -2.46. The number of nitrogens with two attached hydrogens (primary N) is 2.